The van der Waals surface area contributed by atoms with E-state index in [-0.39, 0.29) is 11.8 Å². The highest BCUT2D eigenvalue weighted by Crippen LogP contribution is 2.29. The smallest absolute Gasteiger partial charge is 0.280 e. The summed E-state index contributed by atoms with van der Waals surface area (Å²) >= 11 is 5.99. The fraction of sp³-hybridized carbons (Fsp3) is 0.278. The number of anilines is 1. The summed E-state index contributed by atoms with van der Waals surface area (Å²) in [4.78, 5) is 12.5. The van der Waals surface area contributed by atoms with Crippen LogP contribution in [0.5, 0.6) is 0 Å². The zero-order valence-electron chi connectivity index (χ0n) is 13.6. The highest BCUT2D eigenvalue weighted by Gasteiger charge is 2.27. The van der Waals surface area contributed by atoms with E-state index < -0.39 is 0 Å². The van der Waals surface area contributed by atoms with Crippen molar-refractivity contribution in [3.05, 3.63) is 52.4 Å². The van der Waals surface area contributed by atoms with Crippen LogP contribution in [0.15, 0.2) is 39.4 Å². The summed E-state index contributed by atoms with van der Waals surface area (Å²) in [6.07, 6.45) is 2.66. The number of halogens is 1. The normalized spacial score (nSPS) is 16.5. The lowest BCUT2D eigenvalue weighted by molar-refractivity contribution is 0.101. The Hall–Kier alpha value is -2.60. The summed E-state index contributed by atoms with van der Waals surface area (Å²) < 4.78 is 10.5. The Bertz CT molecular complexity index is 931. The molecule has 0 bridgehead atoms. The predicted molar refractivity (Wildman–Crippen MR) is 92.6 cm³/mol. The maximum atomic E-state index is 12.5. The number of aryl methyl sites for hydroxylation is 1. The topological polar surface area (TPSA) is 81.2 Å². The lowest BCUT2D eigenvalue weighted by Gasteiger charge is -2.16. The van der Waals surface area contributed by atoms with Gasteiger partial charge in [-0.3, -0.25) is 10.1 Å². The molecule has 128 valence electrons. The van der Waals surface area contributed by atoms with Gasteiger partial charge in [-0.1, -0.05) is 41.0 Å². The molecule has 6 nitrogen and oxygen atoms in total. The number of rotatable bonds is 3. The molecule has 0 spiro atoms. The first-order valence-electron chi connectivity index (χ1n) is 8.11. The minimum Gasteiger partial charge on any atom is -0.360 e. The molecule has 0 radical (unpaired) electrons. The largest absolute Gasteiger partial charge is 0.360 e. The number of hydrogen-bond acceptors (Lipinski definition) is 5. The molecule has 3 aromatic rings. The second-order valence-corrected chi connectivity index (χ2v) is 6.76. The van der Waals surface area contributed by atoms with Gasteiger partial charge in [0, 0.05) is 28.6 Å². The Morgan fingerprint density at radius 2 is 2.16 bits per heavy atom. The first kappa shape index (κ1) is 15.9. The Balaban J connectivity index is 1.53. The molecule has 4 rings (SSSR count). The van der Waals surface area contributed by atoms with Crippen molar-refractivity contribution in [2.75, 3.05) is 5.32 Å². The highest BCUT2D eigenvalue weighted by atomic mass is 35.5. The molecule has 0 saturated heterocycles. The third kappa shape index (κ3) is 3.17. The molecule has 25 heavy (non-hydrogen) atoms. The number of fused-ring (bicyclic) bond motifs is 1. The quantitative estimate of drug-likeness (QED) is 0.753. The van der Waals surface area contributed by atoms with E-state index in [1.807, 2.05) is 12.1 Å². The van der Waals surface area contributed by atoms with Crippen molar-refractivity contribution in [3.8, 4) is 11.3 Å². The van der Waals surface area contributed by atoms with Crippen molar-refractivity contribution in [1.82, 2.24) is 10.3 Å². The highest BCUT2D eigenvalue weighted by molar-refractivity contribution is 6.30. The van der Waals surface area contributed by atoms with Crippen molar-refractivity contribution < 1.29 is 13.8 Å². The molecule has 7 heteroatoms. The number of nitrogens with zero attached hydrogens (tertiary/aromatic N) is 2. The van der Waals surface area contributed by atoms with Crippen molar-refractivity contribution in [1.29, 1.82) is 0 Å². The van der Waals surface area contributed by atoms with Crippen molar-refractivity contribution in [3.63, 3.8) is 0 Å². The SMILES string of the molecule is CC1CCc2onc(C(=O)Nc3cc(-c4cccc(Cl)c4)no3)c2C1. The molecule has 1 aliphatic rings. The summed E-state index contributed by atoms with van der Waals surface area (Å²) in [5, 5.41) is 11.2. The van der Waals surface area contributed by atoms with Gasteiger partial charge in [-0.2, -0.15) is 0 Å². The fourth-order valence-corrected chi connectivity index (χ4v) is 3.24. The number of carbonyl (C=O) groups is 1. The van der Waals surface area contributed by atoms with E-state index in [1.165, 1.54) is 0 Å². The minimum atomic E-state index is -0.354. The number of hydrogen-bond donors (Lipinski definition) is 1. The average Bonchev–Trinajstić information content (AvgIpc) is 3.21. The van der Waals surface area contributed by atoms with Gasteiger partial charge >= 0.3 is 0 Å². The third-order valence-corrected chi connectivity index (χ3v) is 4.60. The van der Waals surface area contributed by atoms with E-state index in [9.17, 15) is 4.79 Å². The van der Waals surface area contributed by atoms with Crippen LogP contribution in [0.1, 0.15) is 35.2 Å². The van der Waals surface area contributed by atoms with Crippen LogP contribution in [-0.4, -0.2) is 16.2 Å². The number of nitrogens with one attached hydrogen (secondary N) is 1. The third-order valence-electron chi connectivity index (χ3n) is 4.37. The molecule has 1 atom stereocenters. The average molecular weight is 358 g/mol. The number of carbonyl (C=O) groups excluding carboxylic acids is 1. The Morgan fingerprint density at radius 3 is 3.00 bits per heavy atom. The molecule has 0 aliphatic heterocycles. The monoisotopic (exact) mass is 357 g/mol. The zero-order chi connectivity index (χ0) is 17.4. The molecule has 0 fully saturated rings. The van der Waals surface area contributed by atoms with Crippen LogP contribution in [0, 0.1) is 5.92 Å². The second-order valence-electron chi connectivity index (χ2n) is 6.32. The van der Waals surface area contributed by atoms with Gasteiger partial charge < -0.3 is 9.05 Å². The molecule has 1 amide bonds. The van der Waals surface area contributed by atoms with E-state index in [1.54, 1.807) is 18.2 Å². The van der Waals surface area contributed by atoms with Crippen molar-refractivity contribution in [2.24, 2.45) is 5.92 Å². The first-order valence-corrected chi connectivity index (χ1v) is 8.49. The molecule has 1 unspecified atom stereocenters. The second kappa shape index (κ2) is 6.37. The van der Waals surface area contributed by atoms with Gasteiger partial charge in [-0.25, -0.2) is 0 Å². The van der Waals surface area contributed by atoms with Crippen LogP contribution in [0.2, 0.25) is 5.02 Å². The maximum Gasteiger partial charge on any atom is 0.280 e. The predicted octanol–water partition coefficient (Wildman–Crippen LogP) is 4.36. The Morgan fingerprint density at radius 1 is 1.28 bits per heavy atom. The molecule has 0 saturated carbocycles. The summed E-state index contributed by atoms with van der Waals surface area (Å²) in [7, 11) is 0. The van der Waals surface area contributed by atoms with Gasteiger partial charge in [0.25, 0.3) is 5.91 Å². The zero-order valence-corrected chi connectivity index (χ0v) is 14.3. The van der Waals surface area contributed by atoms with Gasteiger partial charge in [0.05, 0.1) is 0 Å². The molecular formula is C18H16ClN3O3. The van der Waals surface area contributed by atoms with Crippen LogP contribution in [0.25, 0.3) is 11.3 Å². The molecule has 1 N–H and O–H groups in total. The van der Waals surface area contributed by atoms with Gasteiger partial charge in [0.15, 0.2) is 5.69 Å². The van der Waals surface area contributed by atoms with Crippen LogP contribution < -0.4 is 5.32 Å². The lowest BCUT2D eigenvalue weighted by atomic mass is 9.88. The molecule has 2 aromatic heterocycles. The minimum absolute atomic E-state index is 0.251. The Labute approximate surface area is 149 Å². The van der Waals surface area contributed by atoms with E-state index in [4.69, 9.17) is 20.6 Å². The first-order chi connectivity index (χ1) is 12.1. The van der Waals surface area contributed by atoms with Crippen LogP contribution in [-0.2, 0) is 12.8 Å². The van der Waals surface area contributed by atoms with Crippen molar-refractivity contribution in [2.45, 2.75) is 26.2 Å². The molecule has 1 aliphatic carbocycles. The lowest BCUT2D eigenvalue weighted by Crippen LogP contribution is -2.17. The fourth-order valence-electron chi connectivity index (χ4n) is 3.05. The van der Waals surface area contributed by atoms with E-state index in [0.29, 0.717) is 22.3 Å². The van der Waals surface area contributed by atoms with Crippen molar-refractivity contribution >= 4 is 23.4 Å². The standard InChI is InChI=1S/C18H16ClN3O3/c1-10-5-6-15-13(7-10)17(22-24-15)18(23)20-16-9-14(21-25-16)11-3-2-4-12(19)8-11/h2-4,8-10H,5-7H2,1H3,(H,20,23). The summed E-state index contributed by atoms with van der Waals surface area (Å²) in [6.45, 7) is 2.16. The number of benzene rings is 1. The Kier molecular flexibility index (Phi) is 4.05. The number of aromatic nitrogens is 2. The summed E-state index contributed by atoms with van der Waals surface area (Å²) in [5.41, 5.74) is 2.62. The van der Waals surface area contributed by atoms with Gasteiger partial charge in [0.2, 0.25) is 5.88 Å². The molecule has 1 aromatic carbocycles. The van der Waals surface area contributed by atoms with Gasteiger partial charge in [-0.05, 0) is 30.9 Å². The summed E-state index contributed by atoms with van der Waals surface area (Å²) in [6, 6.07) is 8.90. The van der Waals surface area contributed by atoms with Gasteiger partial charge in [-0.15, -0.1) is 0 Å². The van der Waals surface area contributed by atoms with Crippen LogP contribution in [0.3, 0.4) is 0 Å². The van der Waals surface area contributed by atoms with Crippen LogP contribution >= 0.6 is 11.6 Å². The summed E-state index contributed by atoms with van der Waals surface area (Å²) in [5.74, 6) is 1.21. The molecular weight excluding hydrogens is 342 g/mol. The maximum absolute atomic E-state index is 12.5. The number of amides is 1. The van der Waals surface area contributed by atoms with E-state index in [0.717, 1.165) is 36.1 Å². The van der Waals surface area contributed by atoms with Crippen LogP contribution in [0.4, 0.5) is 5.88 Å². The van der Waals surface area contributed by atoms with Gasteiger partial charge in [0.1, 0.15) is 11.5 Å². The molecule has 2 heterocycles. The van der Waals surface area contributed by atoms with E-state index >= 15 is 0 Å². The van der Waals surface area contributed by atoms with E-state index in [2.05, 4.69) is 22.6 Å².